The molecule has 4 nitrogen and oxygen atoms in total. The van der Waals surface area contributed by atoms with E-state index in [1.807, 2.05) is 23.1 Å². The Kier molecular flexibility index (Phi) is 4.47. The van der Waals surface area contributed by atoms with Crippen molar-refractivity contribution in [3.05, 3.63) is 22.7 Å². The molecule has 0 bridgehead atoms. The van der Waals surface area contributed by atoms with Crippen LogP contribution < -0.4 is 10.1 Å². The van der Waals surface area contributed by atoms with Gasteiger partial charge in [0.25, 0.3) is 0 Å². The van der Waals surface area contributed by atoms with E-state index in [0.717, 1.165) is 41.8 Å². The van der Waals surface area contributed by atoms with Gasteiger partial charge in [0, 0.05) is 24.8 Å². The van der Waals surface area contributed by atoms with Crippen LogP contribution in [0.2, 0.25) is 0 Å². The lowest BCUT2D eigenvalue weighted by molar-refractivity contribution is -0.128. The highest BCUT2D eigenvalue weighted by molar-refractivity contribution is 9.10. The predicted octanol–water partition coefficient (Wildman–Crippen LogP) is 2.49. The minimum atomic E-state index is 0.161. The number of hydrogen-bond acceptors (Lipinski definition) is 3. The van der Waals surface area contributed by atoms with Gasteiger partial charge in [-0.25, -0.2) is 0 Å². The van der Waals surface area contributed by atoms with E-state index in [1.165, 1.54) is 0 Å². The smallest absolute Gasteiger partial charge is 0.241 e. The van der Waals surface area contributed by atoms with Gasteiger partial charge in [0.05, 0.1) is 18.1 Å². The Hall–Kier alpha value is -1.23. The summed E-state index contributed by atoms with van der Waals surface area (Å²) in [6.45, 7) is 2.12. The van der Waals surface area contributed by atoms with Gasteiger partial charge in [-0.15, -0.1) is 0 Å². The summed E-state index contributed by atoms with van der Waals surface area (Å²) in [4.78, 5) is 13.8. The second-order valence-corrected chi connectivity index (χ2v) is 5.15. The molecular formula is C13H17BrN2O2. The number of nitrogens with one attached hydrogen (secondary N) is 1. The lowest BCUT2D eigenvalue weighted by Crippen LogP contribution is -2.32. The fraction of sp³-hybridized carbons (Fsp3) is 0.462. The van der Waals surface area contributed by atoms with E-state index >= 15 is 0 Å². The average molecular weight is 313 g/mol. The van der Waals surface area contributed by atoms with Gasteiger partial charge in [-0.3, -0.25) is 4.79 Å². The molecule has 0 radical (unpaired) electrons. The molecule has 0 atom stereocenters. The molecule has 2 rings (SSSR count). The first-order chi connectivity index (χ1) is 8.70. The van der Waals surface area contributed by atoms with Crippen molar-refractivity contribution >= 4 is 27.5 Å². The van der Waals surface area contributed by atoms with Crippen molar-refractivity contribution in [2.75, 3.05) is 32.1 Å². The number of hydrogen-bond donors (Lipinski definition) is 1. The van der Waals surface area contributed by atoms with Crippen LogP contribution in [-0.2, 0) is 4.79 Å². The zero-order valence-corrected chi connectivity index (χ0v) is 12.0. The standard InChI is InChI=1S/C13H17BrN2O2/c1-18-12-8-10(4-5-11(12)14)15-9-13(17)16-6-2-3-7-16/h4-5,8,15H,2-3,6-7,9H2,1H3. The number of likely N-dealkylation sites (tertiary alicyclic amines) is 1. The molecule has 18 heavy (non-hydrogen) atoms. The van der Waals surface area contributed by atoms with Gasteiger partial charge >= 0.3 is 0 Å². The van der Waals surface area contributed by atoms with Gasteiger partial charge in [0.1, 0.15) is 5.75 Å². The Morgan fingerprint density at radius 3 is 2.83 bits per heavy atom. The third kappa shape index (κ3) is 3.16. The van der Waals surface area contributed by atoms with Gasteiger partial charge in [0.2, 0.25) is 5.91 Å². The number of benzene rings is 1. The Labute approximate surface area is 115 Å². The molecule has 0 aliphatic carbocycles. The second-order valence-electron chi connectivity index (χ2n) is 4.29. The van der Waals surface area contributed by atoms with E-state index in [4.69, 9.17) is 4.74 Å². The predicted molar refractivity (Wildman–Crippen MR) is 75.0 cm³/mol. The maximum atomic E-state index is 11.9. The molecule has 1 N–H and O–H groups in total. The molecule has 1 aromatic rings. The highest BCUT2D eigenvalue weighted by atomic mass is 79.9. The molecule has 0 aromatic heterocycles. The number of carbonyl (C=O) groups excluding carboxylic acids is 1. The van der Waals surface area contributed by atoms with Gasteiger partial charge in [-0.2, -0.15) is 0 Å². The quantitative estimate of drug-likeness (QED) is 0.928. The summed E-state index contributed by atoms with van der Waals surface area (Å²) in [7, 11) is 1.62. The molecule has 0 saturated carbocycles. The summed E-state index contributed by atoms with van der Waals surface area (Å²) in [6, 6.07) is 5.70. The first-order valence-electron chi connectivity index (χ1n) is 6.06. The Morgan fingerprint density at radius 2 is 2.17 bits per heavy atom. The summed E-state index contributed by atoms with van der Waals surface area (Å²) in [5.74, 6) is 0.919. The zero-order chi connectivity index (χ0) is 13.0. The van der Waals surface area contributed by atoms with Crippen LogP contribution in [0, 0.1) is 0 Å². The summed E-state index contributed by atoms with van der Waals surface area (Å²) >= 11 is 3.40. The van der Waals surface area contributed by atoms with Crippen molar-refractivity contribution in [3.63, 3.8) is 0 Å². The monoisotopic (exact) mass is 312 g/mol. The lowest BCUT2D eigenvalue weighted by Gasteiger charge is -2.16. The zero-order valence-electron chi connectivity index (χ0n) is 10.4. The van der Waals surface area contributed by atoms with Crippen molar-refractivity contribution in [1.29, 1.82) is 0 Å². The molecule has 98 valence electrons. The topological polar surface area (TPSA) is 41.6 Å². The van der Waals surface area contributed by atoms with E-state index in [0.29, 0.717) is 6.54 Å². The third-order valence-electron chi connectivity index (χ3n) is 3.05. The molecule has 5 heteroatoms. The minimum absolute atomic E-state index is 0.161. The van der Waals surface area contributed by atoms with Gasteiger partial charge in [0.15, 0.2) is 0 Å². The van der Waals surface area contributed by atoms with Crippen LogP contribution in [0.15, 0.2) is 22.7 Å². The SMILES string of the molecule is COc1cc(NCC(=O)N2CCCC2)ccc1Br. The van der Waals surface area contributed by atoms with Gasteiger partial charge in [-0.05, 0) is 40.9 Å². The maximum Gasteiger partial charge on any atom is 0.241 e. The van der Waals surface area contributed by atoms with E-state index < -0.39 is 0 Å². The van der Waals surface area contributed by atoms with E-state index in [-0.39, 0.29) is 5.91 Å². The summed E-state index contributed by atoms with van der Waals surface area (Å²) in [6.07, 6.45) is 2.25. The Morgan fingerprint density at radius 1 is 1.44 bits per heavy atom. The van der Waals surface area contributed by atoms with Crippen molar-refractivity contribution in [2.24, 2.45) is 0 Å². The van der Waals surface area contributed by atoms with Crippen LogP contribution >= 0.6 is 15.9 Å². The number of nitrogens with zero attached hydrogens (tertiary/aromatic N) is 1. The normalized spacial score (nSPS) is 14.7. The Balaban J connectivity index is 1.91. The van der Waals surface area contributed by atoms with Crippen LogP contribution in [0.1, 0.15) is 12.8 Å². The number of anilines is 1. The van der Waals surface area contributed by atoms with Crippen LogP contribution in [0.5, 0.6) is 5.75 Å². The van der Waals surface area contributed by atoms with E-state index in [9.17, 15) is 4.79 Å². The largest absolute Gasteiger partial charge is 0.495 e. The van der Waals surface area contributed by atoms with Gasteiger partial charge in [-0.1, -0.05) is 0 Å². The van der Waals surface area contributed by atoms with E-state index in [1.54, 1.807) is 7.11 Å². The molecule has 1 saturated heterocycles. The van der Waals surface area contributed by atoms with Crippen LogP contribution in [0.4, 0.5) is 5.69 Å². The van der Waals surface area contributed by atoms with Gasteiger partial charge < -0.3 is 15.0 Å². The number of rotatable bonds is 4. The van der Waals surface area contributed by atoms with Crippen molar-refractivity contribution < 1.29 is 9.53 Å². The van der Waals surface area contributed by atoms with Crippen molar-refractivity contribution in [2.45, 2.75) is 12.8 Å². The lowest BCUT2D eigenvalue weighted by atomic mass is 10.3. The fourth-order valence-electron chi connectivity index (χ4n) is 2.03. The molecule has 1 amide bonds. The number of halogens is 1. The molecule has 0 spiro atoms. The fourth-order valence-corrected chi connectivity index (χ4v) is 2.43. The van der Waals surface area contributed by atoms with Crippen LogP contribution in [-0.4, -0.2) is 37.6 Å². The Bertz CT molecular complexity index is 431. The molecule has 1 fully saturated rings. The van der Waals surface area contributed by atoms with Crippen LogP contribution in [0.3, 0.4) is 0 Å². The van der Waals surface area contributed by atoms with Crippen molar-refractivity contribution in [1.82, 2.24) is 4.90 Å². The minimum Gasteiger partial charge on any atom is -0.495 e. The average Bonchev–Trinajstić information content (AvgIpc) is 2.91. The highest BCUT2D eigenvalue weighted by Crippen LogP contribution is 2.27. The van der Waals surface area contributed by atoms with E-state index in [2.05, 4.69) is 21.2 Å². The molecule has 1 aliphatic rings. The first-order valence-corrected chi connectivity index (χ1v) is 6.85. The summed E-state index contributed by atoms with van der Waals surface area (Å²) in [5.41, 5.74) is 0.891. The molecule has 1 aromatic carbocycles. The first kappa shape index (κ1) is 13.2. The molecular weight excluding hydrogens is 296 g/mol. The molecule has 1 aliphatic heterocycles. The summed E-state index contributed by atoms with van der Waals surface area (Å²) < 4.78 is 6.11. The number of ether oxygens (including phenoxy) is 1. The number of carbonyl (C=O) groups is 1. The third-order valence-corrected chi connectivity index (χ3v) is 3.71. The second kappa shape index (κ2) is 6.09. The molecule has 1 heterocycles. The highest BCUT2D eigenvalue weighted by Gasteiger charge is 2.17. The maximum absolute atomic E-state index is 11.9. The number of methoxy groups -OCH3 is 1. The summed E-state index contributed by atoms with van der Waals surface area (Å²) in [5, 5.41) is 3.13. The van der Waals surface area contributed by atoms with Crippen LogP contribution in [0.25, 0.3) is 0 Å². The molecule has 0 unspecified atom stereocenters. The number of amides is 1. The van der Waals surface area contributed by atoms with Crippen molar-refractivity contribution in [3.8, 4) is 5.75 Å².